The molecule has 0 bridgehead atoms. The zero-order valence-electron chi connectivity index (χ0n) is 13.3. The number of nitriles is 1. The monoisotopic (exact) mass is 320 g/mol. The summed E-state index contributed by atoms with van der Waals surface area (Å²) >= 11 is 0. The Morgan fingerprint density at radius 3 is 2.33 bits per heavy atom. The van der Waals surface area contributed by atoms with Crippen molar-refractivity contribution >= 4 is 23.6 Å². The molecule has 1 amide bonds. The number of carbonyl (C=O) groups is 2. The second kappa shape index (κ2) is 7.25. The summed E-state index contributed by atoms with van der Waals surface area (Å²) in [5.41, 5.74) is 3.40. The Morgan fingerprint density at radius 1 is 1.12 bits per heavy atom. The van der Waals surface area contributed by atoms with Crippen LogP contribution in [0.25, 0.3) is 6.08 Å². The summed E-state index contributed by atoms with van der Waals surface area (Å²) in [5.74, 6) is -1.58. The maximum atomic E-state index is 12.2. The number of carboxylic acid groups (broad SMARTS) is 1. The van der Waals surface area contributed by atoms with Gasteiger partial charge in [0.2, 0.25) is 0 Å². The van der Waals surface area contributed by atoms with Crippen LogP contribution in [0.1, 0.15) is 27.0 Å². The van der Waals surface area contributed by atoms with Crippen molar-refractivity contribution in [1.29, 1.82) is 5.26 Å². The van der Waals surface area contributed by atoms with Gasteiger partial charge in [0.15, 0.2) is 0 Å². The number of carbonyl (C=O) groups excluding carboxylic acids is 1. The molecule has 0 aliphatic rings. The summed E-state index contributed by atoms with van der Waals surface area (Å²) in [7, 11) is 0. The van der Waals surface area contributed by atoms with Crippen molar-refractivity contribution in [3.8, 4) is 6.07 Å². The van der Waals surface area contributed by atoms with E-state index in [0.717, 1.165) is 16.7 Å². The number of rotatable bonds is 4. The number of aromatic carboxylic acids is 1. The SMILES string of the molecule is Cc1ccc(/C=C(\C#N)C(=O)Nc2ccc(C(=O)O)cc2)c(C)c1. The molecule has 2 aromatic rings. The topological polar surface area (TPSA) is 90.2 Å². The second-order valence-corrected chi connectivity index (χ2v) is 5.37. The summed E-state index contributed by atoms with van der Waals surface area (Å²) < 4.78 is 0. The standard InChI is InChI=1S/C19H16N2O3/c1-12-3-4-15(13(2)9-12)10-16(11-20)18(22)21-17-7-5-14(6-8-17)19(23)24/h3-10H,1-2H3,(H,21,22)(H,23,24)/b16-10+. The van der Waals surface area contributed by atoms with Gasteiger partial charge in [-0.1, -0.05) is 23.8 Å². The summed E-state index contributed by atoms with van der Waals surface area (Å²) in [5, 5.41) is 20.7. The molecule has 24 heavy (non-hydrogen) atoms. The maximum absolute atomic E-state index is 12.2. The molecule has 0 aromatic heterocycles. The Morgan fingerprint density at radius 2 is 1.79 bits per heavy atom. The lowest BCUT2D eigenvalue weighted by Gasteiger charge is -2.06. The molecule has 0 saturated carbocycles. The molecule has 5 nitrogen and oxygen atoms in total. The Kier molecular flexibility index (Phi) is 5.13. The van der Waals surface area contributed by atoms with Crippen molar-refractivity contribution in [2.45, 2.75) is 13.8 Å². The maximum Gasteiger partial charge on any atom is 0.335 e. The van der Waals surface area contributed by atoms with Crippen LogP contribution in [-0.4, -0.2) is 17.0 Å². The van der Waals surface area contributed by atoms with E-state index in [0.29, 0.717) is 5.69 Å². The molecular formula is C19H16N2O3. The molecule has 2 rings (SSSR count). The molecule has 0 fully saturated rings. The number of hydrogen-bond donors (Lipinski definition) is 2. The minimum atomic E-state index is -1.04. The molecular weight excluding hydrogens is 304 g/mol. The highest BCUT2D eigenvalue weighted by Crippen LogP contribution is 2.16. The summed E-state index contributed by atoms with van der Waals surface area (Å²) in [4.78, 5) is 23.0. The van der Waals surface area contributed by atoms with Gasteiger partial charge >= 0.3 is 5.97 Å². The predicted molar refractivity (Wildman–Crippen MR) is 91.5 cm³/mol. The summed E-state index contributed by atoms with van der Waals surface area (Å²) in [6, 6.07) is 13.4. The van der Waals surface area contributed by atoms with E-state index in [1.165, 1.54) is 30.3 Å². The van der Waals surface area contributed by atoms with E-state index in [1.54, 1.807) is 0 Å². The first-order valence-electron chi connectivity index (χ1n) is 7.24. The van der Waals surface area contributed by atoms with Crippen molar-refractivity contribution in [2.24, 2.45) is 0 Å². The zero-order valence-corrected chi connectivity index (χ0v) is 13.3. The molecule has 0 aliphatic carbocycles. The smallest absolute Gasteiger partial charge is 0.335 e. The van der Waals surface area contributed by atoms with Gasteiger partial charge in [0.1, 0.15) is 11.6 Å². The molecule has 0 heterocycles. The average Bonchev–Trinajstić information content (AvgIpc) is 2.54. The molecule has 5 heteroatoms. The van der Waals surface area contributed by atoms with E-state index < -0.39 is 11.9 Å². The molecule has 0 atom stereocenters. The van der Waals surface area contributed by atoms with Crippen LogP contribution < -0.4 is 5.32 Å². The van der Waals surface area contributed by atoms with E-state index in [4.69, 9.17) is 5.11 Å². The Hall–Kier alpha value is -3.39. The first kappa shape index (κ1) is 17.0. The number of nitrogens with zero attached hydrogens (tertiary/aromatic N) is 1. The van der Waals surface area contributed by atoms with Gasteiger partial charge in [-0.15, -0.1) is 0 Å². The minimum Gasteiger partial charge on any atom is -0.478 e. The molecule has 2 aromatic carbocycles. The molecule has 0 unspecified atom stereocenters. The number of hydrogen-bond acceptors (Lipinski definition) is 3. The molecule has 0 aliphatic heterocycles. The minimum absolute atomic E-state index is 0.0238. The number of aryl methyl sites for hydroxylation is 2. The molecule has 0 spiro atoms. The van der Waals surface area contributed by atoms with Crippen LogP contribution in [0.15, 0.2) is 48.0 Å². The van der Waals surface area contributed by atoms with E-state index >= 15 is 0 Å². The first-order chi connectivity index (χ1) is 11.4. The fourth-order valence-electron chi connectivity index (χ4n) is 2.19. The highest BCUT2D eigenvalue weighted by molar-refractivity contribution is 6.09. The summed E-state index contributed by atoms with van der Waals surface area (Å²) in [6.07, 6.45) is 1.54. The van der Waals surface area contributed by atoms with Gasteiger partial charge in [-0.25, -0.2) is 4.79 Å². The highest BCUT2D eigenvalue weighted by Gasteiger charge is 2.11. The van der Waals surface area contributed by atoms with Gasteiger partial charge in [-0.3, -0.25) is 4.79 Å². The molecule has 120 valence electrons. The Bertz CT molecular complexity index is 859. The number of benzene rings is 2. The van der Waals surface area contributed by atoms with Crippen molar-refractivity contribution in [3.05, 3.63) is 70.3 Å². The Balaban J connectivity index is 2.21. The van der Waals surface area contributed by atoms with Crippen molar-refractivity contribution in [2.75, 3.05) is 5.32 Å². The average molecular weight is 320 g/mol. The van der Waals surface area contributed by atoms with Crippen LogP contribution in [0.3, 0.4) is 0 Å². The number of carboxylic acids is 1. The van der Waals surface area contributed by atoms with Gasteiger partial charge in [-0.2, -0.15) is 5.26 Å². The van der Waals surface area contributed by atoms with Crippen LogP contribution in [0.4, 0.5) is 5.69 Å². The van der Waals surface area contributed by atoms with Gasteiger partial charge in [0, 0.05) is 5.69 Å². The van der Waals surface area contributed by atoms with Crippen LogP contribution in [0, 0.1) is 25.2 Å². The second-order valence-electron chi connectivity index (χ2n) is 5.37. The van der Waals surface area contributed by atoms with Gasteiger partial charge in [0.25, 0.3) is 5.91 Å². The third-order valence-electron chi connectivity index (χ3n) is 3.48. The zero-order chi connectivity index (χ0) is 17.7. The normalized spacial score (nSPS) is 10.8. The fraction of sp³-hybridized carbons (Fsp3) is 0.105. The van der Waals surface area contributed by atoms with E-state index in [9.17, 15) is 14.9 Å². The van der Waals surface area contributed by atoms with Gasteiger partial charge in [-0.05, 0) is 55.3 Å². The van der Waals surface area contributed by atoms with Crippen LogP contribution >= 0.6 is 0 Å². The third-order valence-corrected chi connectivity index (χ3v) is 3.48. The lowest BCUT2D eigenvalue weighted by atomic mass is 10.0. The van der Waals surface area contributed by atoms with Gasteiger partial charge in [0.05, 0.1) is 5.56 Å². The van der Waals surface area contributed by atoms with Crippen LogP contribution in [-0.2, 0) is 4.79 Å². The number of amides is 1. The highest BCUT2D eigenvalue weighted by atomic mass is 16.4. The molecule has 0 saturated heterocycles. The molecule has 2 N–H and O–H groups in total. The Labute approximate surface area is 139 Å². The predicted octanol–water partition coefficient (Wildman–Crippen LogP) is 3.55. The third kappa shape index (κ3) is 4.08. The first-order valence-corrected chi connectivity index (χ1v) is 7.24. The fourth-order valence-corrected chi connectivity index (χ4v) is 2.19. The van der Waals surface area contributed by atoms with E-state index in [1.807, 2.05) is 38.1 Å². The van der Waals surface area contributed by atoms with Crippen molar-refractivity contribution in [3.63, 3.8) is 0 Å². The lowest BCUT2D eigenvalue weighted by Crippen LogP contribution is -2.13. The molecule has 0 radical (unpaired) electrons. The van der Waals surface area contributed by atoms with Crippen LogP contribution in [0.5, 0.6) is 0 Å². The van der Waals surface area contributed by atoms with E-state index in [2.05, 4.69) is 5.32 Å². The van der Waals surface area contributed by atoms with Crippen molar-refractivity contribution in [1.82, 2.24) is 0 Å². The lowest BCUT2D eigenvalue weighted by molar-refractivity contribution is -0.112. The van der Waals surface area contributed by atoms with Crippen LogP contribution in [0.2, 0.25) is 0 Å². The van der Waals surface area contributed by atoms with Gasteiger partial charge < -0.3 is 10.4 Å². The summed E-state index contributed by atoms with van der Waals surface area (Å²) in [6.45, 7) is 3.88. The quantitative estimate of drug-likeness (QED) is 0.666. The largest absolute Gasteiger partial charge is 0.478 e. The number of anilines is 1. The van der Waals surface area contributed by atoms with Crippen molar-refractivity contribution < 1.29 is 14.7 Å². The van der Waals surface area contributed by atoms with E-state index in [-0.39, 0.29) is 11.1 Å². The number of nitrogens with one attached hydrogen (secondary N) is 1.